The van der Waals surface area contributed by atoms with Gasteiger partial charge in [0.2, 0.25) is 0 Å². The van der Waals surface area contributed by atoms with Gasteiger partial charge in [-0.15, -0.1) is 0 Å². The third-order valence-corrected chi connectivity index (χ3v) is 4.54. The van der Waals surface area contributed by atoms with Crippen molar-refractivity contribution in [1.82, 2.24) is 10.3 Å². The summed E-state index contributed by atoms with van der Waals surface area (Å²) in [5, 5.41) is 17.7. The minimum Gasteiger partial charge on any atom is -0.333 e. The molecule has 0 saturated heterocycles. The Kier molecular flexibility index (Phi) is 6.75. The summed E-state index contributed by atoms with van der Waals surface area (Å²) in [6.45, 7) is 3.87. The van der Waals surface area contributed by atoms with Gasteiger partial charge >= 0.3 is 0 Å². The van der Waals surface area contributed by atoms with Crippen molar-refractivity contribution in [1.29, 1.82) is 5.26 Å². The van der Waals surface area contributed by atoms with Crippen LogP contribution in [-0.2, 0) is 0 Å². The topological polar surface area (TPSA) is 60.7 Å². The highest BCUT2D eigenvalue weighted by molar-refractivity contribution is 7.80. The Morgan fingerprint density at radius 1 is 1.17 bits per heavy atom. The molecule has 0 aliphatic carbocycles. The minimum atomic E-state index is 0.392. The fraction of sp³-hybridized carbons (Fsp3) is 0. The van der Waals surface area contributed by atoms with E-state index in [-0.39, 0.29) is 0 Å². The van der Waals surface area contributed by atoms with Crippen LogP contribution < -0.4 is 10.6 Å². The van der Waals surface area contributed by atoms with Crippen LogP contribution in [-0.4, -0.2) is 10.1 Å². The van der Waals surface area contributed by atoms with Crippen LogP contribution in [0.15, 0.2) is 91.3 Å². The van der Waals surface area contributed by atoms with Gasteiger partial charge in [-0.05, 0) is 47.9 Å². The molecule has 29 heavy (non-hydrogen) atoms. The first-order chi connectivity index (χ1) is 14.1. The molecule has 6 heteroatoms. The summed E-state index contributed by atoms with van der Waals surface area (Å²) in [4.78, 5) is 4.54. The number of nitrogens with one attached hydrogen (secondary N) is 2. The molecule has 0 radical (unpaired) electrons. The predicted octanol–water partition coefficient (Wildman–Crippen LogP) is 5.99. The van der Waals surface area contributed by atoms with Gasteiger partial charge < -0.3 is 10.6 Å². The van der Waals surface area contributed by atoms with Crippen LogP contribution in [0.4, 0.5) is 5.69 Å². The number of nitriles is 1. The molecule has 3 aromatic rings. The fourth-order valence-electron chi connectivity index (χ4n) is 2.74. The lowest BCUT2D eigenvalue weighted by atomic mass is 10.0. The number of halogens is 1. The lowest BCUT2D eigenvalue weighted by Crippen LogP contribution is -2.26. The van der Waals surface area contributed by atoms with Gasteiger partial charge in [0.05, 0.1) is 16.8 Å². The first kappa shape index (κ1) is 20.3. The van der Waals surface area contributed by atoms with Crippen LogP contribution in [0, 0.1) is 11.3 Å². The zero-order valence-corrected chi connectivity index (χ0v) is 17.0. The summed E-state index contributed by atoms with van der Waals surface area (Å²) in [7, 11) is 0. The average Bonchev–Trinajstić information content (AvgIpc) is 2.72. The largest absolute Gasteiger partial charge is 0.333 e. The van der Waals surface area contributed by atoms with Crippen molar-refractivity contribution in [3.63, 3.8) is 0 Å². The van der Waals surface area contributed by atoms with Gasteiger partial charge in [0.15, 0.2) is 5.11 Å². The summed E-state index contributed by atoms with van der Waals surface area (Å²) in [6.07, 6.45) is 8.18. The van der Waals surface area contributed by atoms with E-state index in [1.165, 1.54) is 6.08 Å². The molecule has 1 heterocycles. The maximum absolute atomic E-state index is 8.47. The second-order valence-corrected chi connectivity index (χ2v) is 6.84. The first-order valence-corrected chi connectivity index (χ1v) is 9.50. The Balaban J connectivity index is 1.80. The molecule has 142 valence electrons. The van der Waals surface area contributed by atoms with Crippen molar-refractivity contribution < 1.29 is 0 Å². The van der Waals surface area contributed by atoms with Gasteiger partial charge in [-0.2, -0.15) is 5.26 Å². The van der Waals surface area contributed by atoms with Gasteiger partial charge in [0.25, 0.3) is 0 Å². The lowest BCUT2D eigenvalue weighted by molar-refractivity contribution is 1.21. The van der Waals surface area contributed by atoms with Gasteiger partial charge in [-0.25, -0.2) is 0 Å². The zero-order chi connectivity index (χ0) is 20.6. The molecule has 0 fully saturated rings. The normalized spacial score (nSPS) is 10.9. The third kappa shape index (κ3) is 5.29. The van der Waals surface area contributed by atoms with E-state index in [0.717, 1.165) is 27.7 Å². The summed E-state index contributed by atoms with van der Waals surface area (Å²) in [6, 6.07) is 17.5. The zero-order valence-electron chi connectivity index (χ0n) is 15.4. The Bertz CT molecular complexity index is 1170. The number of allylic oxidation sites excluding steroid dienone is 4. The number of nitrogens with zero attached hydrogens (tertiary/aromatic N) is 2. The number of hydrogen-bond donors (Lipinski definition) is 2. The Labute approximate surface area is 179 Å². The molecular formula is C23H17ClN4S. The van der Waals surface area contributed by atoms with Crippen molar-refractivity contribution >= 4 is 45.4 Å². The number of fused-ring (bicyclic) bond motifs is 1. The lowest BCUT2D eigenvalue weighted by Gasteiger charge is -2.13. The summed E-state index contributed by atoms with van der Waals surface area (Å²) < 4.78 is 0. The molecule has 1 aromatic heterocycles. The smallest absolute Gasteiger partial charge is 0.175 e. The van der Waals surface area contributed by atoms with Gasteiger partial charge in [-0.3, -0.25) is 4.98 Å². The van der Waals surface area contributed by atoms with Crippen molar-refractivity contribution in [3.05, 3.63) is 96.3 Å². The van der Waals surface area contributed by atoms with E-state index in [1.807, 2.05) is 54.6 Å². The number of aromatic nitrogens is 1. The Morgan fingerprint density at radius 3 is 2.83 bits per heavy atom. The van der Waals surface area contributed by atoms with Crippen molar-refractivity contribution in [2.45, 2.75) is 0 Å². The Morgan fingerprint density at radius 2 is 2.00 bits per heavy atom. The van der Waals surface area contributed by atoms with Crippen molar-refractivity contribution in [2.24, 2.45) is 0 Å². The monoisotopic (exact) mass is 416 g/mol. The highest BCUT2D eigenvalue weighted by Crippen LogP contribution is 2.33. The van der Waals surface area contributed by atoms with E-state index < -0.39 is 0 Å². The number of anilines is 1. The fourth-order valence-corrected chi connectivity index (χ4v) is 3.19. The quantitative estimate of drug-likeness (QED) is 0.304. The average molecular weight is 417 g/mol. The number of rotatable bonds is 5. The van der Waals surface area contributed by atoms with Crippen LogP contribution >= 0.6 is 23.8 Å². The molecule has 2 aromatic carbocycles. The van der Waals surface area contributed by atoms with Gasteiger partial charge in [0.1, 0.15) is 0 Å². The van der Waals surface area contributed by atoms with Gasteiger partial charge in [-0.1, -0.05) is 54.6 Å². The highest BCUT2D eigenvalue weighted by atomic mass is 35.5. The van der Waals surface area contributed by atoms with Crippen LogP contribution in [0.1, 0.15) is 0 Å². The molecule has 0 unspecified atom stereocenters. The summed E-state index contributed by atoms with van der Waals surface area (Å²) >= 11 is 11.8. The van der Waals surface area contributed by atoms with Crippen molar-refractivity contribution in [2.75, 3.05) is 5.32 Å². The maximum atomic E-state index is 8.47. The first-order valence-electron chi connectivity index (χ1n) is 8.72. The Hall–Kier alpha value is -3.46. The molecule has 4 nitrogen and oxygen atoms in total. The van der Waals surface area contributed by atoms with Crippen LogP contribution in [0.25, 0.3) is 22.0 Å². The number of pyridine rings is 1. The van der Waals surface area contributed by atoms with Crippen LogP contribution in [0.2, 0.25) is 5.02 Å². The molecule has 0 saturated carbocycles. The van der Waals surface area contributed by atoms with E-state index in [2.05, 4.69) is 22.2 Å². The summed E-state index contributed by atoms with van der Waals surface area (Å²) in [5.74, 6) is 0. The van der Waals surface area contributed by atoms with E-state index in [4.69, 9.17) is 29.1 Å². The maximum Gasteiger partial charge on any atom is 0.175 e. The molecular weight excluding hydrogens is 400 g/mol. The highest BCUT2D eigenvalue weighted by Gasteiger charge is 2.10. The molecule has 0 aliphatic rings. The van der Waals surface area contributed by atoms with Crippen LogP contribution in [0.5, 0.6) is 0 Å². The number of thiocarbonyl (C=S) groups is 1. The molecule has 0 spiro atoms. The molecule has 0 amide bonds. The molecule has 0 aliphatic heterocycles. The van der Waals surface area contributed by atoms with E-state index in [0.29, 0.717) is 15.8 Å². The van der Waals surface area contributed by atoms with Crippen molar-refractivity contribution in [3.8, 4) is 17.3 Å². The predicted molar refractivity (Wildman–Crippen MR) is 125 cm³/mol. The van der Waals surface area contributed by atoms with Gasteiger partial charge in [0, 0.05) is 34.6 Å². The van der Waals surface area contributed by atoms with E-state index in [1.54, 1.807) is 24.4 Å². The molecule has 0 atom stereocenters. The number of hydrogen-bond acceptors (Lipinski definition) is 3. The third-order valence-electron chi connectivity index (χ3n) is 4.01. The minimum absolute atomic E-state index is 0.392. The second-order valence-electron chi connectivity index (χ2n) is 6.03. The SMILES string of the molecule is C=C(/C=C\C=C\C#N)NC(=S)Nc1ccc(Cl)c(-c2nccc3ccccc23)c1. The molecule has 2 N–H and O–H groups in total. The van der Waals surface area contributed by atoms with E-state index >= 15 is 0 Å². The van der Waals surface area contributed by atoms with E-state index in [9.17, 15) is 0 Å². The second kappa shape index (κ2) is 9.65. The number of benzene rings is 2. The standard InChI is InChI=1S/C23H17ClN4S/c1-16(7-3-2-6-13-25)27-23(29)28-18-10-11-21(24)20(15-18)22-19-9-5-4-8-17(19)12-14-26-22/h2-12,14-15H,1H2,(H2,27,28,29)/b6-2+,7-3-. The molecule has 3 rings (SSSR count). The molecule has 0 bridgehead atoms. The summed E-state index contributed by atoms with van der Waals surface area (Å²) in [5.41, 5.74) is 3.00. The van der Waals surface area contributed by atoms with Crippen LogP contribution in [0.3, 0.4) is 0 Å².